The van der Waals surface area contributed by atoms with Crippen molar-refractivity contribution >= 4 is 0 Å². The lowest BCUT2D eigenvalue weighted by atomic mass is 9.96. The zero-order valence-corrected chi connectivity index (χ0v) is 8.38. The van der Waals surface area contributed by atoms with Crippen LogP contribution in [-0.4, -0.2) is 0 Å². The minimum absolute atomic E-state index is 0.346. The molecule has 13 heavy (non-hydrogen) atoms. The van der Waals surface area contributed by atoms with Gasteiger partial charge in [-0.05, 0) is 29.5 Å². The van der Waals surface area contributed by atoms with Crippen LogP contribution in [0.15, 0.2) is 18.2 Å². The summed E-state index contributed by atoms with van der Waals surface area (Å²) in [6, 6.07) is 6.19. The monoisotopic (exact) mass is 178 g/mol. The van der Waals surface area contributed by atoms with Crippen molar-refractivity contribution in [3.8, 4) is 0 Å². The Hall–Kier alpha value is -0.860. The molecule has 1 rings (SSSR count). The van der Waals surface area contributed by atoms with E-state index in [-0.39, 0.29) is 6.17 Å². The van der Waals surface area contributed by atoms with Crippen LogP contribution >= 0.6 is 0 Å². The van der Waals surface area contributed by atoms with Crippen LogP contribution in [0.25, 0.3) is 0 Å². The SMILES string of the molecule is CCc1cccc(C(N)N)c1CC. The van der Waals surface area contributed by atoms with Crippen LogP contribution < -0.4 is 11.5 Å². The molecular weight excluding hydrogens is 160 g/mol. The van der Waals surface area contributed by atoms with Gasteiger partial charge in [-0.1, -0.05) is 32.0 Å². The van der Waals surface area contributed by atoms with E-state index in [0.717, 1.165) is 18.4 Å². The number of hydrogen-bond acceptors (Lipinski definition) is 2. The van der Waals surface area contributed by atoms with Crippen molar-refractivity contribution in [1.29, 1.82) is 0 Å². The second kappa shape index (κ2) is 4.40. The van der Waals surface area contributed by atoms with E-state index in [2.05, 4.69) is 19.9 Å². The minimum atomic E-state index is -0.346. The molecule has 1 aromatic carbocycles. The van der Waals surface area contributed by atoms with Crippen LogP contribution in [0.1, 0.15) is 36.7 Å². The fraction of sp³-hybridized carbons (Fsp3) is 0.455. The second-order valence-corrected chi connectivity index (χ2v) is 3.22. The summed E-state index contributed by atoms with van der Waals surface area (Å²) in [7, 11) is 0. The topological polar surface area (TPSA) is 52.0 Å². The van der Waals surface area contributed by atoms with Gasteiger partial charge >= 0.3 is 0 Å². The molecule has 0 spiro atoms. The largest absolute Gasteiger partial charge is 0.312 e. The van der Waals surface area contributed by atoms with Gasteiger partial charge in [-0.2, -0.15) is 0 Å². The molecule has 2 nitrogen and oxygen atoms in total. The summed E-state index contributed by atoms with van der Waals surface area (Å²) in [5, 5.41) is 0. The molecule has 0 fully saturated rings. The maximum Gasteiger partial charge on any atom is 0.0787 e. The normalized spacial score (nSPS) is 10.8. The van der Waals surface area contributed by atoms with E-state index < -0.39 is 0 Å². The maximum atomic E-state index is 5.69. The molecule has 0 heterocycles. The molecule has 1 aromatic rings. The summed E-state index contributed by atoms with van der Waals surface area (Å²) in [6.07, 6.45) is 1.70. The fourth-order valence-electron chi connectivity index (χ4n) is 1.73. The van der Waals surface area contributed by atoms with E-state index >= 15 is 0 Å². The molecule has 0 atom stereocenters. The molecule has 0 aliphatic heterocycles. The predicted octanol–water partition coefficient (Wildman–Crippen LogP) is 1.73. The van der Waals surface area contributed by atoms with E-state index in [4.69, 9.17) is 11.5 Å². The number of aryl methyl sites for hydroxylation is 1. The second-order valence-electron chi connectivity index (χ2n) is 3.22. The summed E-state index contributed by atoms with van der Waals surface area (Å²) in [5.74, 6) is 0. The molecule has 0 aliphatic rings. The molecule has 0 saturated heterocycles. The molecule has 0 radical (unpaired) electrons. The highest BCUT2D eigenvalue weighted by molar-refractivity contribution is 5.36. The van der Waals surface area contributed by atoms with Gasteiger partial charge in [0.25, 0.3) is 0 Å². The van der Waals surface area contributed by atoms with Gasteiger partial charge in [-0.3, -0.25) is 0 Å². The Balaban J connectivity index is 3.19. The van der Waals surface area contributed by atoms with Gasteiger partial charge in [0.05, 0.1) is 6.17 Å². The summed E-state index contributed by atoms with van der Waals surface area (Å²) < 4.78 is 0. The van der Waals surface area contributed by atoms with Gasteiger partial charge in [-0.25, -0.2) is 0 Å². The highest BCUT2D eigenvalue weighted by atomic mass is 14.8. The lowest BCUT2D eigenvalue weighted by molar-refractivity contribution is 0.755. The predicted molar refractivity (Wildman–Crippen MR) is 56.3 cm³/mol. The minimum Gasteiger partial charge on any atom is -0.312 e. The van der Waals surface area contributed by atoms with Crippen LogP contribution in [-0.2, 0) is 12.8 Å². The smallest absolute Gasteiger partial charge is 0.0787 e. The quantitative estimate of drug-likeness (QED) is 0.692. The van der Waals surface area contributed by atoms with E-state index in [1.165, 1.54) is 11.1 Å². The Morgan fingerprint density at radius 3 is 2.31 bits per heavy atom. The van der Waals surface area contributed by atoms with E-state index in [1.807, 2.05) is 12.1 Å². The Labute approximate surface area is 79.9 Å². The fourth-order valence-corrected chi connectivity index (χ4v) is 1.73. The van der Waals surface area contributed by atoms with Crippen molar-refractivity contribution in [1.82, 2.24) is 0 Å². The van der Waals surface area contributed by atoms with Gasteiger partial charge in [-0.15, -0.1) is 0 Å². The van der Waals surface area contributed by atoms with Crippen LogP contribution in [0.4, 0.5) is 0 Å². The average molecular weight is 178 g/mol. The first-order valence-electron chi connectivity index (χ1n) is 4.82. The highest BCUT2D eigenvalue weighted by Gasteiger charge is 2.08. The lowest BCUT2D eigenvalue weighted by Gasteiger charge is -2.14. The summed E-state index contributed by atoms with van der Waals surface area (Å²) in [6.45, 7) is 4.29. The van der Waals surface area contributed by atoms with Gasteiger partial charge in [0.1, 0.15) is 0 Å². The summed E-state index contributed by atoms with van der Waals surface area (Å²) in [5.41, 5.74) is 15.1. The van der Waals surface area contributed by atoms with E-state index in [0.29, 0.717) is 0 Å². The number of nitrogens with two attached hydrogens (primary N) is 2. The summed E-state index contributed by atoms with van der Waals surface area (Å²) >= 11 is 0. The average Bonchev–Trinajstić information content (AvgIpc) is 2.16. The van der Waals surface area contributed by atoms with Crippen molar-refractivity contribution in [3.63, 3.8) is 0 Å². The molecule has 72 valence electrons. The molecule has 0 unspecified atom stereocenters. The van der Waals surface area contributed by atoms with Crippen molar-refractivity contribution in [2.75, 3.05) is 0 Å². The zero-order valence-electron chi connectivity index (χ0n) is 8.38. The van der Waals surface area contributed by atoms with E-state index in [9.17, 15) is 0 Å². The van der Waals surface area contributed by atoms with E-state index in [1.54, 1.807) is 0 Å². The van der Waals surface area contributed by atoms with Gasteiger partial charge < -0.3 is 11.5 Å². The molecule has 0 aliphatic carbocycles. The highest BCUT2D eigenvalue weighted by Crippen LogP contribution is 2.18. The zero-order chi connectivity index (χ0) is 9.84. The van der Waals surface area contributed by atoms with Crippen LogP contribution in [0.3, 0.4) is 0 Å². The van der Waals surface area contributed by atoms with Crippen molar-refractivity contribution in [2.45, 2.75) is 32.9 Å². The van der Waals surface area contributed by atoms with Gasteiger partial charge in [0.2, 0.25) is 0 Å². The van der Waals surface area contributed by atoms with Crippen molar-refractivity contribution in [3.05, 3.63) is 34.9 Å². The lowest BCUT2D eigenvalue weighted by Crippen LogP contribution is -2.22. The van der Waals surface area contributed by atoms with Crippen LogP contribution in [0.2, 0.25) is 0 Å². The molecule has 0 aromatic heterocycles. The molecule has 2 heteroatoms. The Bertz CT molecular complexity index is 279. The maximum absolute atomic E-state index is 5.69. The van der Waals surface area contributed by atoms with Gasteiger partial charge in [0, 0.05) is 0 Å². The third kappa shape index (κ3) is 2.08. The first kappa shape index (κ1) is 10.2. The first-order chi connectivity index (χ1) is 6.20. The Morgan fingerprint density at radius 2 is 1.85 bits per heavy atom. The van der Waals surface area contributed by atoms with Crippen LogP contribution in [0, 0.1) is 0 Å². The van der Waals surface area contributed by atoms with Crippen LogP contribution in [0.5, 0.6) is 0 Å². The number of benzene rings is 1. The third-order valence-electron chi connectivity index (χ3n) is 2.40. The molecule has 0 amide bonds. The Morgan fingerprint density at radius 1 is 1.15 bits per heavy atom. The summed E-state index contributed by atoms with van der Waals surface area (Å²) in [4.78, 5) is 0. The van der Waals surface area contributed by atoms with Crippen molar-refractivity contribution < 1.29 is 0 Å². The number of hydrogen-bond donors (Lipinski definition) is 2. The van der Waals surface area contributed by atoms with Crippen molar-refractivity contribution in [2.24, 2.45) is 11.5 Å². The molecule has 0 bridgehead atoms. The molecule has 0 saturated carbocycles. The third-order valence-corrected chi connectivity index (χ3v) is 2.40. The first-order valence-corrected chi connectivity index (χ1v) is 4.82. The molecule has 4 N–H and O–H groups in total. The number of rotatable bonds is 3. The standard InChI is InChI=1S/C11H18N2/c1-3-8-6-5-7-10(11(12)13)9(8)4-2/h5-7,11H,3-4,12-13H2,1-2H3. The van der Waals surface area contributed by atoms with Gasteiger partial charge in [0.15, 0.2) is 0 Å². The molecular formula is C11H18N2. The Kier molecular flexibility index (Phi) is 3.46.